The monoisotopic (exact) mass is 1110 g/mol. The van der Waals surface area contributed by atoms with E-state index in [0.717, 1.165) is 10.8 Å². The predicted octanol–water partition coefficient (Wildman–Crippen LogP) is 3.16. The predicted molar refractivity (Wildman–Crippen MR) is 295 cm³/mol. The number of carbonyl (C=O) groups is 8. The number of hydrogen-bond donors (Lipinski definition) is 10. The molecule has 0 aliphatic heterocycles. The summed E-state index contributed by atoms with van der Waals surface area (Å²) in [5, 5.41) is 57.7. The fourth-order valence-corrected chi connectivity index (χ4v) is 8.41. The molecule has 4 aromatic rings. The van der Waals surface area contributed by atoms with Gasteiger partial charge in [-0.1, -0.05) is 64.1 Å². The average molecular weight is 1120 g/mol. The summed E-state index contributed by atoms with van der Waals surface area (Å²) in [4.78, 5) is 106. The number of rotatable bonds is 32. The number of ether oxygens (including phenoxy) is 4. The molecule has 10 N–H and O–H groups in total. The van der Waals surface area contributed by atoms with E-state index in [-0.39, 0.29) is 87.9 Å². The molecule has 0 aliphatic carbocycles. The molecule has 436 valence electrons. The molecule has 4 rings (SSSR count). The molecule has 22 nitrogen and oxygen atoms in total. The maximum Gasteiger partial charge on any atom is 0.328 e. The Morgan fingerprint density at radius 3 is 1.12 bits per heavy atom. The van der Waals surface area contributed by atoms with Crippen molar-refractivity contribution in [3.8, 4) is 23.0 Å². The Kier molecular flexibility index (Phi) is 26.0. The van der Waals surface area contributed by atoms with Gasteiger partial charge in [-0.05, 0) is 122 Å². The van der Waals surface area contributed by atoms with E-state index < -0.39 is 95.8 Å². The molecule has 0 radical (unpaired) electrons. The van der Waals surface area contributed by atoms with Crippen LogP contribution < -0.4 is 41.4 Å². The van der Waals surface area contributed by atoms with Crippen molar-refractivity contribution in [1.29, 1.82) is 0 Å². The molecule has 0 aliphatic rings. The van der Waals surface area contributed by atoms with Gasteiger partial charge < -0.3 is 71.3 Å². The molecular formula is C58H78N6O16. The first-order valence-electron chi connectivity index (χ1n) is 26.6. The first kappa shape index (κ1) is 64.5. The van der Waals surface area contributed by atoms with Crippen LogP contribution in [0, 0.1) is 11.8 Å². The topological polar surface area (TPSA) is 327 Å². The summed E-state index contributed by atoms with van der Waals surface area (Å²) >= 11 is 0. The lowest BCUT2D eigenvalue weighted by atomic mass is 10.0. The Bertz CT molecular complexity index is 2520. The highest BCUT2D eigenvalue weighted by Crippen LogP contribution is 2.26. The van der Waals surface area contributed by atoms with Gasteiger partial charge in [0.2, 0.25) is 35.4 Å². The summed E-state index contributed by atoms with van der Waals surface area (Å²) in [6, 6.07) is 15.7. The van der Waals surface area contributed by atoms with Crippen LogP contribution in [0.5, 0.6) is 23.0 Å². The fraction of sp³-hybridized carbons (Fsp3) is 0.483. The lowest BCUT2D eigenvalue weighted by Gasteiger charge is -2.27. The molecule has 0 aromatic heterocycles. The Morgan fingerprint density at radius 1 is 0.450 bits per heavy atom. The Hall–Kier alpha value is -7.98. The van der Waals surface area contributed by atoms with Crippen molar-refractivity contribution in [2.75, 3.05) is 27.4 Å². The van der Waals surface area contributed by atoms with Crippen LogP contribution in [-0.4, -0.2) is 144 Å². The Morgan fingerprint density at radius 2 is 0.800 bits per heavy atom. The molecule has 4 aromatic carbocycles. The number of amides is 6. The second kappa shape index (κ2) is 32.2. The normalized spacial score (nSPS) is 14.2. The van der Waals surface area contributed by atoms with Crippen LogP contribution in [0.25, 0.3) is 10.8 Å². The van der Waals surface area contributed by atoms with Gasteiger partial charge in [-0.2, -0.15) is 0 Å². The van der Waals surface area contributed by atoms with Gasteiger partial charge in [0.25, 0.3) is 0 Å². The molecule has 0 saturated heterocycles. The van der Waals surface area contributed by atoms with Crippen molar-refractivity contribution in [3.05, 3.63) is 96.1 Å². The van der Waals surface area contributed by atoms with Crippen molar-refractivity contribution in [1.82, 2.24) is 31.9 Å². The molecule has 80 heavy (non-hydrogen) atoms. The summed E-state index contributed by atoms with van der Waals surface area (Å²) in [6.45, 7) is 10.3. The van der Waals surface area contributed by atoms with Gasteiger partial charge in [-0.3, -0.25) is 28.8 Å². The standard InChI is InChI=1S/C58H78N6O16/c1-33(2)27-45(53(71)61-47(57(75)77-7)29-37-13-19-41(67)20-14-37)59-55(73)51(35(5)65)63-49(69)11-9-25-79-43-23-17-39-18-24-44(32-40(39)31-43)80-26-10-12-50(70)64-52(36(6)66)56(74)60-46(28-34(3)4)54(72)62-48(58(76)78-8)30-38-15-21-42(68)22-16-38/h13-24,31-36,45-48,51-52,65-68H,9-12,25-30H2,1-8H3,(H,59,73)(H,60,74)(H,61,71)(H,62,72)(H,63,69)(H,64,70)/t35?,36?,45?,46?,47-,48-,51?,52?/m0/s1. The largest absolute Gasteiger partial charge is 0.508 e. The molecule has 0 heterocycles. The lowest BCUT2D eigenvalue weighted by molar-refractivity contribution is -0.146. The number of benzene rings is 4. The number of phenolic OH excluding ortho intramolecular Hbond substituents is 2. The van der Waals surface area contributed by atoms with Crippen LogP contribution in [-0.2, 0) is 60.7 Å². The van der Waals surface area contributed by atoms with E-state index >= 15 is 0 Å². The number of esters is 2. The number of aliphatic hydroxyl groups is 2. The van der Waals surface area contributed by atoms with Crippen molar-refractivity contribution < 1.29 is 77.7 Å². The first-order chi connectivity index (χ1) is 38.0. The van der Waals surface area contributed by atoms with Gasteiger partial charge in [0.15, 0.2) is 0 Å². The lowest BCUT2D eigenvalue weighted by Crippen LogP contribution is -2.58. The Balaban J connectivity index is 1.25. The number of methoxy groups -OCH3 is 2. The number of hydrogen-bond acceptors (Lipinski definition) is 16. The van der Waals surface area contributed by atoms with Gasteiger partial charge >= 0.3 is 11.9 Å². The third-order valence-corrected chi connectivity index (χ3v) is 12.6. The molecule has 0 saturated carbocycles. The minimum atomic E-state index is -1.41. The molecule has 8 atom stereocenters. The minimum Gasteiger partial charge on any atom is -0.508 e. The van der Waals surface area contributed by atoms with Crippen molar-refractivity contribution >= 4 is 58.2 Å². The van der Waals surface area contributed by atoms with E-state index in [1.807, 2.05) is 39.8 Å². The number of phenols is 2. The SMILES string of the molecule is COC(=O)[C@H](Cc1ccc(O)cc1)NC(=O)C(CC(C)C)NC(=O)C(NC(=O)CCCOc1ccc2ccc(OCCCC(=O)NC(C(=O)NC(CC(C)C)C(=O)N[C@@H](Cc3ccc(O)cc3)C(=O)OC)C(C)O)cc2c1)C(C)O. The molecule has 0 bridgehead atoms. The molecule has 0 spiro atoms. The zero-order valence-electron chi connectivity index (χ0n) is 46.6. The highest BCUT2D eigenvalue weighted by atomic mass is 16.5. The summed E-state index contributed by atoms with van der Waals surface area (Å²) in [5.74, 6) is -4.57. The zero-order valence-corrected chi connectivity index (χ0v) is 46.6. The minimum absolute atomic E-state index is 0.0294. The van der Waals surface area contributed by atoms with E-state index in [0.29, 0.717) is 22.6 Å². The highest BCUT2D eigenvalue weighted by molar-refractivity contribution is 5.95. The van der Waals surface area contributed by atoms with Crippen molar-refractivity contribution in [2.24, 2.45) is 11.8 Å². The second-order valence-electron chi connectivity index (χ2n) is 20.4. The third-order valence-electron chi connectivity index (χ3n) is 12.6. The summed E-state index contributed by atoms with van der Waals surface area (Å²) in [7, 11) is 2.36. The van der Waals surface area contributed by atoms with Crippen LogP contribution in [0.1, 0.15) is 91.2 Å². The maximum atomic E-state index is 13.5. The van der Waals surface area contributed by atoms with Crippen LogP contribution in [0.3, 0.4) is 0 Å². The van der Waals surface area contributed by atoms with Gasteiger partial charge in [0, 0.05) is 25.7 Å². The molecule has 22 heteroatoms. The van der Waals surface area contributed by atoms with Crippen LogP contribution in [0.15, 0.2) is 84.9 Å². The van der Waals surface area contributed by atoms with Gasteiger partial charge in [0.1, 0.15) is 59.2 Å². The van der Waals surface area contributed by atoms with Crippen LogP contribution in [0.2, 0.25) is 0 Å². The number of aromatic hydroxyl groups is 2. The van der Waals surface area contributed by atoms with E-state index in [1.165, 1.54) is 52.3 Å². The quantitative estimate of drug-likeness (QED) is 0.0248. The van der Waals surface area contributed by atoms with Crippen molar-refractivity contribution in [2.45, 2.75) is 141 Å². The molecule has 0 fully saturated rings. The van der Waals surface area contributed by atoms with Crippen molar-refractivity contribution in [3.63, 3.8) is 0 Å². The fourth-order valence-electron chi connectivity index (χ4n) is 8.41. The number of carbonyl (C=O) groups excluding carboxylic acids is 8. The zero-order chi connectivity index (χ0) is 59.1. The van der Waals surface area contributed by atoms with E-state index in [9.17, 15) is 58.8 Å². The van der Waals surface area contributed by atoms with Crippen LogP contribution in [0.4, 0.5) is 0 Å². The average Bonchev–Trinajstić information content (AvgIpc) is 3.41. The molecule has 6 amide bonds. The number of aliphatic hydroxyl groups excluding tert-OH is 2. The van der Waals surface area contributed by atoms with Crippen LogP contribution >= 0.6 is 0 Å². The third kappa shape index (κ3) is 21.7. The highest BCUT2D eigenvalue weighted by Gasteiger charge is 2.34. The summed E-state index contributed by atoms with van der Waals surface area (Å²) in [5.41, 5.74) is 1.27. The van der Waals surface area contributed by atoms with E-state index in [1.54, 1.807) is 48.5 Å². The van der Waals surface area contributed by atoms with Gasteiger partial charge in [-0.15, -0.1) is 0 Å². The summed E-state index contributed by atoms with van der Waals surface area (Å²) in [6.07, 6.45) is -1.89. The smallest absolute Gasteiger partial charge is 0.328 e. The van der Waals surface area contributed by atoms with E-state index in [4.69, 9.17) is 18.9 Å². The number of fused-ring (bicyclic) bond motifs is 1. The second-order valence-corrected chi connectivity index (χ2v) is 20.4. The summed E-state index contributed by atoms with van der Waals surface area (Å²) < 4.78 is 21.7. The maximum absolute atomic E-state index is 13.5. The Labute approximate surface area is 466 Å². The molecular weight excluding hydrogens is 1040 g/mol. The van der Waals surface area contributed by atoms with Gasteiger partial charge in [-0.25, -0.2) is 9.59 Å². The first-order valence-corrected chi connectivity index (χ1v) is 26.6. The van der Waals surface area contributed by atoms with Gasteiger partial charge in [0.05, 0.1) is 39.6 Å². The van der Waals surface area contributed by atoms with E-state index in [2.05, 4.69) is 31.9 Å². The molecule has 6 unspecified atom stereocenters. The number of nitrogens with one attached hydrogen (secondary N) is 6.